The van der Waals surface area contributed by atoms with E-state index in [1.165, 1.54) is 0 Å². The zero-order chi connectivity index (χ0) is 30.1. The standard InChI is InChI=1S/C35H43FN4O3/c1-5-42-27-10-9-25(19-37-27)24-7-6-8-26(17-24)40(28(41)18-33-20-35(36,21-33)22-33)23-32-11-14-34(15-12-32,16-13-32)29-38-30(43-39-29)31(2,3)4/h6-10,17,19H,5,11-16,18,20-23H2,1-4H3. The number of carbonyl (C=O) groups is 1. The van der Waals surface area contributed by atoms with E-state index in [-0.39, 0.29) is 27.6 Å². The van der Waals surface area contributed by atoms with Gasteiger partial charge in [0.25, 0.3) is 0 Å². The zero-order valence-corrected chi connectivity index (χ0v) is 25.9. The molecular formula is C35H43FN4O3. The second kappa shape index (κ2) is 9.86. The first-order valence-electron chi connectivity index (χ1n) is 16.0. The lowest BCUT2D eigenvalue weighted by atomic mass is 9.41. The number of benzene rings is 1. The Balaban J connectivity index is 1.13. The average Bonchev–Trinajstić information content (AvgIpc) is 3.49. The van der Waals surface area contributed by atoms with Crippen molar-refractivity contribution in [2.24, 2.45) is 10.8 Å². The number of carbonyl (C=O) groups excluding carboxylic acids is 1. The summed E-state index contributed by atoms with van der Waals surface area (Å²) in [5.74, 6) is 2.28. The summed E-state index contributed by atoms with van der Waals surface area (Å²) >= 11 is 0. The molecule has 9 rings (SSSR count). The third-order valence-corrected chi connectivity index (χ3v) is 10.9. The first-order chi connectivity index (χ1) is 20.4. The molecule has 0 atom stereocenters. The van der Waals surface area contributed by atoms with Crippen LogP contribution in [0.2, 0.25) is 0 Å². The summed E-state index contributed by atoms with van der Waals surface area (Å²) in [4.78, 5) is 25.5. The minimum atomic E-state index is -1.01. The average molecular weight is 587 g/mol. The van der Waals surface area contributed by atoms with Crippen molar-refractivity contribution in [2.75, 3.05) is 18.1 Å². The third-order valence-electron chi connectivity index (χ3n) is 10.9. The van der Waals surface area contributed by atoms with E-state index in [1.54, 1.807) is 0 Å². The number of hydrogen-bond acceptors (Lipinski definition) is 6. The van der Waals surface area contributed by atoms with Crippen molar-refractivity contribution < 1.29 is 18.4 Å². The minimum absolute atomic E-state index is 0.0363. The Kier molecular flexibility index (Phi) is 6.53. The molecule has 4 bridgehead atoms. The molecule has 228 valence electrons. The predicted octanol–water partition coefficient (Wildman–Crippen LogP) is 7.74. The molecule has 1 amide bonds. The summed E-state index contributed by atoms with van der Waals surface area (Å²) in [5.41, 5.74) is 1.57. The molecule has 6 fully saturated rings. The molecule has 6 aliphatic rings. The molecule has 0 aliphatic heterocycles. The fraction of sp³-hybridized carbons (Fsp3) is 0.600. The fourth-order valence-electron chi connectivity index (χ4n) is 8.34. The Hall–Kier alpha value is -3.29. The number of ether oxygens (including phenoxy) is 1. The second-order valence-electron chi connectivity index (χ2n) is 15.2. The van der Waals surface area contributed by atoms with Crippen molar-refractivity contribution in [1.82, 2.24) is 15.1 Å². The number of hydrogen-bond donors (Lipinski definition) is 0. The zero-order valence-electron chi connectivity index (χ0n) is 25.9. The van der Waals surface area contributed by atoms with Crippen molar-refractivity contribution >= 4 is 11.6 Å². The minimum Gasteiger partial charge on any atom is -0.478 e. The molecular weight excluding hydrogens is 543 g/mol. The Morgan fingerprint density at radius 3 is 2.30 bits per heavy atom. The summed E-state index contributed by atoms with van der Waals surface area (Å²) in [6.07, 6.45) is 9.94. The maximum Gasteiger partial charge on any atom is 0.232 e. The molecule has 6 saturated carbocycles. The molecule has 1 aromatic carbocycles. The van der Waals surface area contributed by atoms with Gasteiger partial charge in [-0.15, -0.1) is 0 Å². The molecule has 3 aromatic rings. The molecule has 0 unspecified atom stereocenters. The van der Waals surface area contributed by atoms with Crippen LogP contribution in [0, 0.1) is 10.8 Å². The van der Waals surface area contributed by atoms with Gasteiger partial charge < -0.3 is 14.2 Å². The fourth-order valence-corrected chi connectivity index (χ4v) is 8.34. The van der Waals surface area contributed by atoms with Gasteiger partial charge >= 0.3 is 0 Å². The summed E-state index contributed by atoms with van der Waals surface area (Å²) in [5, 5.41) is 4.46. The van der Waals surface area contributed by atoms with E-state index >= 15 is 0 Å². The first kappa shape index (κ1) is 28.5. The maximum absolute atomic E-state index is 14.4. The van der Waals surface area contributed by atoms with Gasteiger partial charge in [0.1, 0.15) is 5.67 Å². The van der Waals surface area contributed by atoms with Gasteiger partial charge in [0, 0.05) is 47.3 Å². The molecule has 0 saturated heterocycles. The van der Waals surface area contributed by atoms with E-state index in [0.717, 1.165) is 61.2 Å². The van der Waals surface area contributed by atoms with Gasteiger partial charge in [0.05, 0.1) is 6.61 Å². The Morgan fingerprint density at radius 2 is 1.72 bits per heavy atom. The van der Waals surface area contributed by atoms with E-state index in [4.69, 9.17) is 14.2 Å². The summed E-state index contributed by atoms with van der Waals surface area (Å²) in [6.45, 7) is 9.49. The van der Waals surface area contributed by atoms with Crippen molar-refractivity contribution in [3.63, 3.8) is 0 Å². The van der Waals surface area contributed by atoms with E-state index in [2.05, 4.69) is 43.0 Å². The van der Waals surface area contributed by atoms with Crippen LogP contribution in [0.1, 0.15) is 104 Å². The Bertz CT molecular complexity index is 1480. The highest BCUT2D eigenvalue weighted by Crippen LogP contribution is 2.71. The van der Waals surface area contributed by atoms with E-state index in [0.29, 0.717) is 50.6 Å². The van der Waals surface area contributed by atoms with E-state index in [1.807, 2.05) is 42.3 Å². The van der Waals surface area contributed by atoms with E-state index < -0.39 is 5.67 Å². The van der Waals surface area contributed by atoms with Gasteiger partial charge in [0.15, 0.2) is 5.82 Å². The number of halogens is 1. The Morgan fingerprint density at radius 1 is 1.00 bits per heavy atom. The van der Waals surface area contributed by atoms with Crippen molar-refractivity contribution in [2.45, 2.75) is 108 Å². The molecule has 8 heteroatoms. The van der Waals surface area contributed by atoms with Crippen LogP contribution in [0.3, 0.4) is 0 Å². The molecule has 7 nitrogen and oxygen atoms in total. The third kappa shape index (κ3) is 5.04. The summed E-state index contributed by atoms with van der Waals surface area (Å²) in [7, 11) is 0. The maximum atomic E-state index is 14.4. The lowest BCUT2D eigenvalue weighted by Crippen LogP contribution is -2.65. The van der Waals surface area contributed by atoms with Gasteiger partial charge in [-0.25, -0.2) is 9.37 Å². The molecule has 0 N–H and O–H groups in total. The van der Waals surface area contributed by atoms with Gasteiger partial charge in [-0.2, -0.15) is 4.98 Å². The number of fused-ring (bicyclic) bond motifs is 3. The number of alkyl halides is 1. The molecule has 2 heterocycles. The van der Waals surface area contributed by atoms with Gasteiger partial charge in [-0.1, -0.05) is 38.1 Å². The normalized spacial score (nSPS) is 30.8. The van der Waals surface area contributed by atoms with Crippen LogP contribution < -0.4 is 9.64 Å². The topological polar surface area (TPSA) is 81.4 Å². The lowest BCUT2D eigenvalue weighted by Gasteiger charge is -2.66. The first-order valence-corrected chi connectivity index (χ1v) is 16.0. The number of rotatable bonds is 9. The molecule has 0 spiro atoms. The van der Waals surface area contributed by atoms with Gasteiger partial charge in [-0.3, -0.25) is 4.79 Å². The lowest BCUT2D eigenvalue weighted by molar-refractivity contribution is -0.215. The molecule has 0 radical (unpaired) electrons. The van der Waals surface area contributed by atoms with Crippen molar-refractivity contribution in [3.8, 4) is 17.0 Å². The van der Waals surface area contributed by atoms with Crippen LogP contribution >= 0.6 is 0 Å². The monoisotopic (exact) mass is 586 g/mol. The van der Waals surface area contributed by atoms with Crippen LogP contribution in [-0.2, 0) is 15.6 Å². The van der Waals surface area contributed by atoms with Crippen LogP contribution in [-0.4, -0.2) is 39.9 Å². The van der Waals surface area contributed by atoms with Crippen LogP contribution in [0.15, 0.2) is 47.1 Å². The predicted molar refractivity (Wildman–Crippen MR) is 163 cm³/mol. The number of aromatic nitrogens is 3. The van der Waals surface area contributed by atoms with Crippen molar-refractivity contribution in [1.29, 1.82) is 0 Å². The van der Waals surface area contributed by atoms with E-state index in [9.17, 15) is 9.18 Å². The number of amides is 1. The summed E-state index contributed by atoms with van der Waals surface area (Å²) in [6, 6.07) is 12.1. The SMILES string of the molecule is CCOc1ccc(-c2cccc(N(CC34CCC(c5noc(C(C)(C)C)n5)(CC3)CC4)C(=O)CC34CC(F)(C3)C4)c2)cn1. The Labute approximate surface area is 253 Å². The molecule has 43 heavy (non-hydrogen) atoms. The van der Waals surface area contributed by atoms with Crippen LogP contribution in [0.5, 0.6) is 5.88 Å². The van der Waals surface area contributed by atoms with Crippen molar-refractivity contribution in [3.05, 3.63) is 54.3 Å². The highest BCUT2D eigenvalue weighted by molar-refractivity contribution is 5.95. The van der Waals surface area contributed by atoms with Gasteiger partial charge in [-0.05, 0) is 99.3 Å². The number of anilines is 1. The highest BCUT2D eigenvalue weighted by atomic mass is 19.1. The largest absolute Gasteiger partial charge is 0.478 e. The second-order valence-corrected chi connectivity index (χ2v) is 15.2. The van der Waals surface area contributed by atoms with Gasteiger partial charge in [0.2, 0.25) is 17.7 Å². The van der Waals surface area contributed by atoms with Crippen LogP contribution in [0.4, 0.5) is 10.1 Å². The number of nitrogens with zero attached hydrogens (tertiary/aromatic N) is 4. The molecule has 6 aliphatic carbocycles. The summed E-state index contributed by atoms with van der Waals surface area (Å²) < 4.78 is 25.6. The smallest absolute Gasteiger partial charge is 0.232 e. The highest BCUT2D eigenvalue weighted by Gasteiger charge is 2.69. The quantitative estimate of drug-likeness (QED) is 0.255. The van der Waals surface area contributed by atoms with Crippen LogP contribution in [0.25, 0.3) is 11.1 Å². The number of pyridine rings is 1. The molecule has 2 aromatic heterocycles.